The molecule has 2 nitrogen and oxygen atoms in total. The summed E-state index contributed by atoms with van der Waals surface area (Å²) in [6.45, 7) is -3.20. The Morgan fingerprint density at radius 2 is 1.48 bits per heavy atom. The van der Waals surface area contributed by atoms with Gasteiger partial charge in [0.05, 0.1) is 10.6 Å². The van der Waals surface area contributed by atoms with Crippen molar-refractivity contribution >= 4 is 47.4 Å². The van der Waals surface area contributed by atoms with Crippen molar-refractivity contribution < 1.29 is 33.9 Å². The van der Waals surface area contributed by atoms with Gasteiger partial charge >= 0.3 is 11.2 Å². The standard InChI is InChI=1S/C9H6Br2F7NOS/c10-5-1-4(2-6(11)7(5)19)21(17,18,20)8(13,3-12)9(14,15)16/h1-2H,3,19H2. The van der Waals surface area contributed by atoms with Crippen LogP contribution in [0.1, 0.15) is 0 Å². The second-order valence-corrected chi connectivity index (χ2v) is 8.27. The first-order chi connectivity index (χ1) is 9.17. The number of hydrogen-bond donors (Lipinski definition) is 1. The molecule has 12 heteroatoms. The smallest absolute Gasteiger partial charge is 0.397 e. The van der Waals surface area contributed by atoms with Gasteiger partial charge < -0.3 is 5.73 Å². The van der Waals surface area contributed by atoms with Gasteiger partial charge in [-0.05, 0) is 44.0 Å². The Hall–Kier alpha value is -0.360. The fourth-order valence-electron chi connectivity index (χ4n) is 1.30. The zero-order valence-corrected chi connectivity index (χ0v) is 13.6. The molecule has 122 valence electrons. The molecule has 1 aromatic rings. The average Bonchev–Trinajstić information content (AvgIpc) is 2.31. The quantitative estimate of drug-likeness (QED) is 0.388. The molecule has 0 heterocycles. The zero-order valence-electron chi connectivity index (χ0n) is 9.66. The Balaban J connectivity index is 3.75. The normalized spacial score (nSPS) is 17.9. The fourth-order valence-corrected chi connectivity index (χ4v) is 4.36. The lowest BCUT2D eigenvalue weighted by molar-refractivity contribution is -0.205. The summed E-state index contributed by atoms with van der Waals surface area (Å²) in [7, 11) is -8.28. The van der Waals surface area contributed by atoms with Crippen molar-refractivity contribution in [1.82, 2.24) is 0 Å². The molecule has 0 saturated heterocycles. The van der Waals surface area contributed by atoms with Crippen molar-refractivity contribution in [2.45, 2.75) is 16.1 Å². The maximum absolute atomic E-state index is 14.0. The molecule has 0 aliphatic carbocycles. The molecular formula is C9H6Br2F7NOS. The molecule has 0 amide bonds. The van der Waals surface area contributed by atoms with Crippen LogP contribution >= 0.6 is 31.9 Å². The fraction of sp³-hybridized carbons (Fsp3) is 0.333. The van der Waals surface area contributed by atoms with Gasteiger partial charge in [-0.15, -0.1) is 7.77 Å². The van der Waals surface area contributed by atoms with E-state index < -0.39 is 32.6 Å². The molecule has 0 spiro atoms. The minimum atomic E-state index is -8.28. The van der Waals surface area contributed by atoms with Gasteiger partial charge in [-0.3, -0.25) is 0 Å². The van der Waals surface area contributed by atoms with Crippen LogP contribution in [0.5, 0.6) is 0 Å². The predicted molar refractivity (Wildman–Crippen MR) is 70.7 cm³/mol. The highest BCUT2D eigenvalue weighted by Crippen LogP contribution is 2.58. The van der Waals surface area contributed by atoms with E-state index in [0.29, 0.717) is 0 Å². The summed E-state index contributed by atoms with van der Waals surface area (Å²) in [5.74, 6) is 0. The first kappa shape index (κ1) is 18.7. The highest BCUT2D eigenvalue weighted by Gasteiger charge is 2.76. The number of halogens is 9. The molecule has 0 fully saturated rings. The molecule has 1 atom stereocenters. The first-order valence-electron chi connectivity index (χ1n) is 4.83. The van der Waals surface area contributed by atoms with E-state index in [1.54, 1.807) is 0 Å². The van der Waals surface area contributed by atoms with Crippen molar-refractivity contribution in [1.29, 1.82) is 0 Å². The van der Waals surface area contributed by atoms with Crippen LogP contribution in [0.4, 0.5) is 35.4 Å². The summed E-state index contributed by atoms with van der Waals surface area (Å²) in [4.78, 5) is -1.82. The molecule has 0 bridgehead atoms. The molecule has 0 aliphatic rings. The van der Waals surface area contributed by atoms with Gasteiger partial charge in [-0.2, -0.15) is 13.2 Å². The van der Waals surface area contributed by atoms with Gasteiger partial charge in [0.15, 0.2) is 0 Å². The van der Waals surface area contributed by atoms with Crippen LogP contribution in [-0.4, -0.2) is 22.1 Å². The molecule has 1 unspecified atom stereocenters. The number of nitrogens with two attached hydrogens (primary N) is 1. The van der Waals surface area contributed by atoms with E-state index in [1.807, 2.05) is 0 Å². The lowest BCUT2D eigenvalue weighted by Crippen LogP contribution is -2.57. The maximum atomic E-state index is 14.0. The molecular weight excluding hydrogens is 463 g/mol. The minimum Gasteiger partial charge on any atom is -0.397 e. The van der Waals surface area contributed by atoms with E-state index in [4.69, 9.17) is 5.73 Å². The van der Waals surface area contributed by atoms with Crippen LogP contribution in [0.2, 0.25) is 0 Å². The highest BCUT2D eigenvalue weighted by atomic mass is 79.9. The zero-order chi connectivity index (χ0) is 16.9. The maximum Gasteiger partial charge on any atom is 0.441 e. The number of nitrogen functional groups attached to an aromatic ring is 1. The van der Waals surface area contributed by atoms with E-state index in [0.717, 1.165) is 0 Å². The first-order valence-corrected chi connectivity index (χ1v) is 8.18. The molecule has 0 aromatic heterocycles. The van der Waals surface area contributed by atoms with E-state index in [9.17, 15) is 33.9 Å². The van der Waals surface area contributed by atoms with Crippen molar-refractivity contribution in [2.24, 2.45) is 0 Å². The number of anilines is 1. The summed E-state index contributed by atoms with van der Waals surface area (Å²) >= 11 is 5.29. The molecule has 0 aliphatic heterocycles. The topological polar surface area (TPSA) is 43.1 Å². The van der Waals surface area contributed by atoms with Crippen LogP contribution < -0.4 is 5.73 Å². The summed E-state index contributed by atoms with van der Waals surface area (Å²) in [6, 6.07) is 0.509. The minimum absolute atomic E-state index is 0.196. The summed E-state index contributed by atoms with van der Waals surface area (Å²) in [6.07, 6.45) is -6.38. The molecule has 0 saturated carbocycles. The van der Waals surface area contributed by atoms with E-state index in [-0.39, 0.29) is 26.8 Å². The Morgan fingerprint density at radius 1 is 1.10 bits per heavy atom. The number of hydrogen-bond acceptors (Lipinski definition) is 2. The van der Waals surface area contributed by atoms with Gasteiger partial charge in [0, 0.05) is 8.95 Å². The van der Waals surface area contributed by atoms with Crippen LogP contribution in [0, 0.1) is 0 Å². The van der Waals surface area contributed by atoms with Crippen LogP contribution in [-0.2, 0) is 9.84 Å². The molecule has 21 heavy (non-hydrogen) atoms. The largest absolute Gasteiger partial charge is 0.441 e. The molecule has 1 aromatic carbocycles. The Kier molecular flexibility index (Phi) is 4.52. The third kappa shape index (κ3) is 2.69. The second kappa shape index (κ2) is 5.08. The Labute approximate surface area is 131 Å². The summed E-state index contributed by atoms with van der Waals surface area (Å²) in [5, 5.41) is -5.83. The van der Waals surface area contributed by atoms with E-state index >= 15 is 0 Å². The highest BCUT2D eigenvalue weighted by molar-refractivity contribution is 9.11. The lowest BCUT2D eigenvalue weighted by atomic mass is 10.3. The number of benzene rings is 1. The molecule has 2 N–H and O–H groups in total. The van der Waals surface area contributed by atoms with Gasteiger partial charge in [-0.1, -0.05) is 0 Å². The third-order valence-corrected chi connectivity index (χ3v) is 6.33. The van der Waals surface area contributed by atoms with Crippen molar-refractivity contribution in [2.75, 3.05) is 12.4 Å². The van der Waals surface area contributed by atoms with Crippen LogP contribution in [0.3, 0.4) is 0 Å². The predicted octanol–water partition coefficient (Wildman–Crippen LogP) is 4.94. The number of alkyl halides is 5. The van der Waals surface area contributed by atoms with Gasteiger partial charge in [-0.25, -0.2) is 13.0 Å². The van der Waals surface area contributed by atoms with E-state index in [2.05, 4.69) is 31.9 Å². The van der Waals surface area contributed by atoms with Gasteiger partial charge in [0.2, 0.25) is 9.84 Å². The van der Waals surface area contributed by atoms with Crippen LogP contribution in [0.25, 0.3) is 0 Å². The lowest BCUT2D eigenvalue weighted by Gasteiger charge is -2.38. The van der Waals surface area contributed by atoms with Crippen molar-refractivity contribution in [3.8, 4) is 0 Å². The van der Waals surface area contributed by atoms with Gasteiger partial charge in [0.25, 0.3) is 0 Å². The van der Waals surface area contributed by atoms with E-state index in [1.165, 1.54) is 0 Å². The second-order valence-electron chi connectivity index (χ2n) is 3.92. The molecule has 1 rings (SSSR count). The monoisotopic (exact) mass is 467 g/mol. The molecule has 0 radical (unpaired) electrons. The number of rotatable bonds is 3. The van der Waals surface area contributed by atoms with Gasteiger partial charge in [0.1, 0.15) is 6.67 Å². The summed E-state index contributed by atoms with van der Waals surface area (Å²) < 4.78 is 102. The van der Waals surface area contributed by atoms with Crippen LogP contribution in [0.15, 0.2) is 26.0 Å². The Bertz CT molecular complexity index is 620. The Morgan fingerprint density at radius 3 is 1.76 bits per heavy atom. The SMILES string of the molecule is Nc1c(Br)cc(S(=O)(F)(F)C(F)(CF)C(F)(F)F)cc1Br. The van der Waals surface area contributed by atoms with Crippen molar-refractivity contribution in [3.05, 3.63) is 21.1 Å². The van der Waals surface area contributed by atoms with Crippen molar-refractivity contribution in [3.63, 3.8) is 0 Å². The summed E-state index contributed by atoms with van der Waals surface area (Å²) in [5.41, 5.74) is 5.15. The third-order valence-electron chi connectivity index (χ3n) is 2.58. The average molecular weight is 469 g/mol.